The van der Waals surface area contributed by atoms with Gasteiger partial charge in [-0.15, -0.1) is 0 Å². The van der Waals surface area contributed by atoms with Crippen molar-refractivity contribution in [1.82, 2.24) is 0 Å². The van der Waals surface area contributed by atoms with Gasteiger partial charge in [0.1, 0.15) is 10.6 Å². The fraction of sp³-hybridized carbons (Fsp3) is 0.294. The lowest BCUT2D eigenvalue weighted by Crippen LogP contribution is -2.36. The van der Waals surface area contributed by atoms with E-state index in [1.54, 1.807) is 18.2 Å². The van der Waals surface area contributed by atoms with Crippen LogP contribution in [0.5, 0.6) is 5.75 Å². The highest BCUT2D eigenvalue weighted by Crippen LogP contribution is 2.39. The van der Waals surface area contributed by atoms with Gasteiger partial charge in [-0.05, 0) is 50.1 Å². The van der Waals surface area contributed by atoms with E-state index in [9.17, 15) is 8.42 Å². The predicted octanol–water partition coefficient (Wildman–Crippen LogP) is 3.99. The molecule has 6 heteroatoms. The topological polar surface area (TPSA) is 46.6 Å². The Morgan fingerprint density at radius 3 is 2.74 bits per heavy atom. The first-order chi connectivity index (χ1) is 10.9. The molecule has 0 saturated heterocycles. The molecule has 0 bridgehead atoms. The molecule has 0 aliphatic carbocycles. The van der Waals surface area contributed by atoms with Gasteiger partial charge in [0.25, 0.3) is 10.0 Å². The third-order valence-corrected chi connectivity index (χ3v) is 6.33. The van der Waals surface area contributed by atoms with E-state index in [1.807, 2.05) is 38.1 Å². The summed E-state index contributed by atoms with van der Waals surface area (Å²) in [6, 6.07) is 12.6. The summed E-state index contributed by atoms with van der Waals surface area (Å²) in [6.45, 7) is 4.18. The Hall–Kier alpha value is -1.53. The van der Waals surface area contributed by atoms with Crippen LogP contribution in [0.3, 0.4) is 0 Å². The van der Waals surface area contributed by atoms with Gasteiger partial charge in [0.2, 0.25) is 0 Å². The molecule has 1 aliphatic heterocycles. The molecule has 0 aromatic heterocycles. The molecule has 0 spiro atoms. The average Bonchev–Trinajstić information content (AvgIpc) is 2.85. The first kappa shape index (κ1) is 16.3. The summed E-state index contributed by atoms with van der Waals surface area (Å²) in [5.41, 5.74) is 1.80. The van der Waals surface area contributed by atoms with Gasteiger partial charge in [-0.1, -0.05) is 34.1 Å². The van der Waals surface area contributed by atoms with Crippen molar-refractivity contribution >= 4 is 31.6 Å². The third-order valence-electron chi connectivity index (χ3n) is 3.89. The molecule has 2 aromatic rings. The number of para-hydroxylation sites is 1. The lowest BCUT2D eigenvalue weighted by molar-refractivity contribution is 0.331. The summed E-state index contributed by atoms with van der Waals surface area (Å²) >= 11 is 3.36. The summed E-state index contributed by atoms with van der Waals surface area (Å²) in [6.07, 6.45) is 0.716. The van der Waals surface area contributed by atoms with E-state index in [2.05, 4.69) is 15.9 Å². The number of sulfonamides is 1. The van der Waals surface area contributed by atoms with Gasteiger partial charge in [-0.25, -0.2) is 8.42 Å². The van der Waals surface area contributed by atoms with Gasteiger partial charge in [0, 0.05) is 10.5 Å². The molecular weight excluding hydrogens is 378 g/mol. The van der Waals surface area contributed by atoms with E-state index in [1.165, 1.54) is 4.31 Å². The molecule has 0 amide bonds. The lowest BCUT2D eigenvalue weighted by Gasteiger charge is -2.25. The molecule has 0 saturated carbocycles. The average molecular weight is 396 g/mol. The first-order valence-corrected chi connectivity index (χ1v) is 9.73. The zero-order valence-electron chi connectivity index (χ0n) is 13.0. The molecule has 0 fully saturated rings. The van der Waals surface area contributed by atoms with Crippen LogP contribution >= 0.6 is 15.9 Å². The minimum atomic E-state index is -3.70. The second-order valence-corrected chi connectivity index (χ2v) is 8.21. The van der Waals surface area contributed by atoms with Gasteiger partial charge < -0.3 is 4.74 Å². The van der Waals surface area contributed by atoms with Crippen LogP contribution in [0.2, 0.25) is 0 Å². The zero-order valence-corrected chi connectivity index (χ0v) is 15.4. The quantitative estimate of drug-likeness (QED) is 0.785. The van der Waals surface area contributed by atoms with Gasteiger partial charge >= 0.3 is 0 Å². The van der Waals surface area contributed by atoms with Crippen LogP contribution < -0.4 is 9.04 Å². The normalized spacial score (nSPS) is 17.2. The van der Waals surface area contributed by atoms with Crippen LogP contribution in [0.15, 0.2) is 51.8 Å². The van der Waals surface area contributed by atoms with Crippen molar-refractivity contribution in [3.8, 4) is 5.75 Å². The van der Waals surface area contributed by atoms with Gasteiger partial charge in [0.05, 0.1) is 12.3 Å². The maximum Gasteiger partial charge on any atom is 0.268 e. The molecule has 0 N–H and O–H groups in total. The van der Waals surface area contributed by atoms with Gasteiger partial charge in [-0.2, -0.15) is 0 Å². The van der Waals surface area contributed by atoms with Crippen molar-refractivity contribution in [2.24, 2.45) is 0 Å². The lowest BCUT2D eigenvalue weighted by atomic mass is 10.1. The van der Waals surface area contributed by atoms with E-state index < -0.39 is 10.0 Å². The van der Waals surface area contributed by atoms with Crippen LogP contribution in [0, 0.1) is 0 Å². The van der Waals surface area contributed by atoms with E-state index in [0.29, 0.717) is 23.2 Å². The van der Waals surface area contributed by atoms with Crippen LogP contribution in [-0.2, 0) is 16.4 Å². The SMILES string of the molecule is CCOc1ccc(Br)cc1S(=O)(=O)N1c2ccccc2C[C@H]1C. The molecule has 0 radical (unpaired) electrons. The molecule has 1 aliphatic rings. The Morgan fingerprint density at radius 1 is 1.26 bits per heavy atom. The highest BCUT2D eigenvalue weighted by molar-refractivity contribution is 9.10. The number of benzene rings is 2. The molecule has 1 heterocycles. The number of halogens is 1. The number of nitrogens with zero attached hydrogens (tertiary/aromatic N) is 1. The molecule has 4 nitrogen and oxygen atoms in total. The van der Waals surface area contributed by atoms with Crippen LogP contribution in [-0.4, -0.2) is 21.1 Å². The number of hydrogen-bond acceptors (Lipinski definition) is 3. The standard InChI is InChI=1S/C17H18BrNO3S/c1-3-22-16-9-8-14(18)11-17(16)23(20,21)19-12(2)10-13-6-4-5-7-15(13)19/h4-9,11-12H,3,10H2,1-2H3/t12-/m1/s1. The molecule has 3 rings (SSSR count). The molecular formula is C17H18BrNO3S. The fourth-order valence-electron chi connectivity index (χ4n) is 2.97. The van der Waals surface area contributed by atoms with Crippen LogP contribution in [0.25, 0.3) is 0 Å². The predicted molar refractivity (Wildman–Crippen MR) is 94.6 cm³/mol. The van der Waals surface area contributed by atoms with Crippen molar-refractivity contribution in [3.05, 3.63) is 52.5 Å². The van der Waals surface area contributed by atoms with Crippen LogP contribution in [0.4, 0.5) is 5.69 Å². The van der Waals surface area contributed by atoms with Crippen molar-refractivity contribution < 1.29 is 13.2 Å². The van der Waals surface area contributed by atoms with Crippen molar-refractivity contribution in [3.63, 3.8) is 0 Å². The number of hydrogen-bond donors (Lipinski definition) is 0. The Bertz CT molecular complexity index is 835. The van der Waals surface area contributed by atoms with Crippen molar-refractivity contribution in [2.75, 3.05) is 10.9 Å². The third kappa shape index (κ3) is 2.85. The molecule has 1 atom stereocenters. The first-order valence-electron chi connectivity index (χ1n) is 7.50. The fourth-order valence-corrected chi connectivity index (χ4v) is 5.33. The summed E-state index contributed by atoms with van der Waals surface area (Å²) < 4.78 is 34.3. The van der Waals surface area contributed by atoms with Gasteiger partial charge in [0.15, 0.2) is 0 Å². The Labute approximate surface area is 145 Å². The summed E-state index contributed by atoms with van der Waals surface area (Å²) in [4.78, 5) is 0.192. The highest BCUT2D eigenvalue weighted by atomic mass is 79.9. The number of rotatable bonds is 4. The van der Waals surface area contributed by atoms with Crippen molar-refractivity contribution in [1.29, 1.82) is 0 Å². The second kappa shape index (κ2) is 6.17. The molecule has 122 valence electrons. The smallest absolute Gasteiger partial charge is 0.268 e. The Balaban J connectivity index is 2.15. The molecule has 23 heavy (non-hydrogen) atoms. The number of ether oxygens (including phenoxy) is 1. The van der Waals surface area contributed by atoms with E-state index >= 15 is 0 Å². The van der Waals surface area contributed by atoms with Gasteiger partial charge in [-0.3, -0.25) is 4.31 Å². The maximum absolute atomic E-state index is 13.3. The van der Waals surface area contributed by atoms with E-state index in [-0.39, 0.29) is 10.9 Å². The summed E-state index contributed by atoms with van der Waals surface area (Å²) in [5.74, 6) is 0.382. The minimum absolute atomic E-state index is 0.120. The van der Waals surface area contributed by atoms with Crippen molar-refractivity contribution in [2.45, 2.75) is 31.2 Å². The maximum atomic E-state index is 13.3. The monoisotopic (exact) mass is 395 g/mol. The Morgan fingerprint density at radius 2 is 2.00 bits per heavy atom. The number of anilines is 1. The van der Waals surface area contributed by atoms with E-state index in [4.69, 9.17) is 4.74 Å². The second-order valence-electron chi connectivity index (χ2n) is 5.51. The highest BCUT2D eigenvalue weighted by Gasteiger charge is 2.37. The zero-order chi connectivity index (χ0) is 16.6. The summed E-state index contributed by atoms with van der Waals surface area (Å²) in [5, 5.41) is 0. The largest absolute Gasteiger partial charge is 0.492 e. The Kier molecular flexibility index (Phi) is 4.38. The molecule has 0 unspecified atom stereocenters. The summed E-state index contributed by atoms with van der Waals surface area (Å²) in [7, 11) is -3.70. The molecule has 2 aromatic carbocycles. The van der Waals surface area contributed by atoms with E-state index in [0.717, 1.165) is 11.3 Å². The minimum Gasteiger partial charge on any atom is -0.492 e. The van der Waals surface area contributed by atoms with Crippen LogP contribution in [0.1, 0.15) is 19.4 Å². The number of fused-ring (bicyclic) bond motifs is 1.